The van der Waals surface area contributed by atoms with Gasteiger partial charge < -0.3 is 10.0 Å². The van der Waals surface area contributed by atoms with Gasteiger partial charge in [-0.1, -0.05) is 0 Å². The number of hydrogen-bond donors (Lipinski definition) is 1. The zero-order chi connectivity index (χ0) is 13.8. The molecule has 1 saturated carbocycles. The van der Waals surface area contributed by atoms with E-state index in [2.05, 4.69) is 4.90 Å². The van der Waals surface area contributed by atoms with Crippen LogP contribution in [0.25, 0.3) is 0 Å². The van der Waals surface area contributed by atoms with Crippen molar-refractivity contribution in [2.45, 2.75) is 45.1 Å². The Balaban J connectivity index is 1.74. The monoisotopic (exact) mass is 268 g/mol. The maximum atomic E-state index is 11.3. The van der Waals surface area contributed by atoms with E-state index in [1.54, 1.807) is 6.92 Å². The van der Waals surface area contributed by atoms with Gasteiger partial charge in [-0.15, -0.1) is 0 Å². The summed E-state index contributed by atoms with van der Waals surface area (Å²) < 4.78 is 0. The van der Waals surface area contributed by atoms with E-state index in [0.29, 0.717) is 18.4 Å². The summed E-state index contributed by atoms with van der Waals surface area (Å²) in [6, 6.07) is 0.596. The minimum absolute atomic E-state index is 0.171. The van der Waals surface area contributed by atoms with Gasteiger partial charge in [-0.2, -0.15) is 0 Å². The topological polar surface area (TPSA) is 60.9 Å². The van der Waals surface area contributed by atoms with Crippen LogP contribution in [0.1, 0.15) is 39.0 Å². The molecule has 1 aliphatic heterocycles. The predicted octanol–water partition coefficient (Wildman–Crippen LogP) is 1.18. The molecule has 1 N–H and O–H groups in total. The maximum absolute atomic E-state index is 11.3. The van der Waals surface area contributed by atoms with Gasteiger partial charge in [-0.05, 0) is 31.6 Å². The van der Waals surface area contributed by atoms with Crippen LogP contribution >= 0.6 is 0 Å². The fraction of sp³-hybridized carbons (Fsp3) is 0.857. The molecular weight excluding hydrogens is 244 g/mol. The van der Waals surface area contributed by atoms with Crippen LogP contribution in [0, 0.1) is 5.92 Å². The average molecular weight is 268 g/mol. The Morgan fingerprint density at radius 1 is 1.05 bits per heavy atom. The molecule has 0 spiro atoms. The van der Waals surface area contributed by atoms with Crippen molar-refractivity contribution in [1.29, 1.82) is 0 Å². The lowest BCUT2D eigenvalue weighted by molar-refractivity contribution is -0.138. The van der Waals surface area contributed by atoms with E-state index < -0.39 is 5.97 Å². The van der Waals surface area contributed by atoms with Crippen molar-refractivity contribution in [3.8, 4) is 0 Å². The molecule has 0 aromatic rings. The van der Waals surface area contributed by atoms with E-state index >= 15 is 0 Å². The van der Waals surface area contributed by atoms with Gasteiger partial charge in [0, 0.05) is 45.6 Å². The van der Waals surface area contributed by atoms with Crippen molar-refractivity contribution < 1.29 is 14.7 Å². The van der Waals surface area contributed by atoms with Crippen molar-refractivity contribution in [3.63, 3.8) is 0 Å². The SMILES string of the molecule is CC(=O)N1CCN(C2CCC(CC(=O)O)CC2)CC1. The van der Waals surface area contributed by atoms with Crippen molar-refractivity contribution in [1.82, 2.24) is 9.80 Å². The van der Waals surface area contributed by atoms with E-state index in [-0.39, 0.29) is 5.91 Å². The Morgan fingerprint density at radius 3 is 2.11 bits per heavy atom. The third-order valence-corrected chi connectivity index (χ3v) is 4.56. The van der Waals surface area contributed by atoms with Crippen LogP contribution in [0.3, 0.4) is 0 Å². The number of carbonyl (C=O) groups is 2. The molecule has 1 amide bonds. The van der Waals surface area contributed by atoms with Crippen LogP contribution in [0.2, 0.25) is 0 Å². The lowest BCUT2D eigenvalue weighted by Crippen LogP contribution is -2.52. The fourth-order valence-electron chi connectivity index (χ4n) is 3.36. The highest BCUT2D eigenvalue weighted by Gasteiger charge is 2.29. The van der Waals surface area contributed by atoms with Gasteiger partial charge in [0.05, 0.1) is 0 Å². The highest BCUT2D eigenvalue weighted by atomic mass is 16.4. The third-order valence-electron chi connectivity index (χ3n) is 4.56. The molecule has 0 aromatic carbocycles. The largest absolute Gasteiger partial charge is 0.481 e. The molecule has 1 aliphatic carbocycles. The summed E-state index contributed by atoms with van der Waals surface area (Å²) in [4.78, 5) is 26.4. The van der Waals surface area contributed by atoms with E-state index in [4.69, 9.17) is 5.11 Å². The fourth-order valence-corrected chi connectivity index (χ4v) is 3.36. The minimum atomic E-state index is -0.668. The zero-order valence-electron chi connectivity index (χ0n) is 11.7. The molecular formula is C14H24N2O3. The summed E-state index contributed by atoms with van der Waals surface area (Å²) in [5.41, 5.74) is 0. The lowest BCUT2D eigenvalue weighted by Gasteiger charge is -2.41. The first kappa shape index (κ1) is 14.3. The number of aliphatic carboxylic acids is 1. The number of piperazine rings is 1. The van der Waals surface area contributed by atoms with Crippen LogP contribution in [0.5, 0.6) is 0 Å². The molecule has 5 nitrogen and oxygen atoms in total. The Hall–Kier alpha value is -1.10. The van der Waals surface area contributed by atoms with Crippen molar-refractivity contribution in [2.75, 3.05) is 26.2 Å². The molecule has 1 saturated heterocycles. The minimum Gasteiger partial charge on any atom is -0.481 e. The summed E-state index contributed by atoms with van der Waals surface area (Å²) >= 11 is 0. The van der Waals surface area contributed by atoms with Gasteiger partial charge in [-0.25, -0.2) is 0 Å². The zero-order valence-corrected chi connectivity index (χ0v) is 11.7. The van der Waals surface area contributed by atoms with Crippen molar-refractivity contribution >= 4 is 11.9 Å². The molecule has 0 unspecified atom stereocenters. The highest BCUT2D eigenvalue weighted by Crippen LogP contribution is 2.30. The van der Waals surface area contributed by atoms with Gasteiger partial charge in [0.1, 0.15) is 0 Å². The quantitative estimate of drug-likeness (QED) is 0.835. The predicted molar refractivity (Wildman–Crippen MR) is 71.8 cm³/mol. The van der Waals surface area contributed by atoms with E-state index in [1.165, 1.54) is 0 Å². The number of nitrogens with zero attached hydrogens (tertiary/aromatic N) is 2. The lowest BCUT2D eigenvalue weighted by atomic mass is 9.83. The smallest absolute Gasteiger partial charge is 0.303 e. The molecule has 108 valence electrons. The van der Waals surface area contributed by atoms with Crippen molar-refractivity contribution in [3.05, 3.63) is 0 Å². The Labute approximate surface area is 114 Å². The average Bonchev–Trinajstić information content (AvgIpc) is 2.39. The van der Waals surface area contributed by atoms with E-state index in [9.17, 15) is 9.59 Å². The molecule has 5 heteroatoms. The number of carboxylic acids is 1. The summed E-state index contributed by atoms with van der Waals surface area (Å²) in [6.45, 7) is 5.24. The van der Waals surface area contributed by atoms with E-state index in [0.717, 1.165) is 51.9 Å². The van der Waals surface area contributed by atoms with Crippen LogP contribution in [0.4, 0.5) is 0 Å². The van der Waals surface area contributed by atoms with Gasteiger partial charge >= 0.3 is 5.97 Å². The summed E-state index contributed by atoms with van der Waals surface area (Å²) in [6.07, 6.45) is 4.61. The second-order valence-electron chi connectivity index (χ2n) is 5.81. The number of amides is 1. The normalized spacial score (nSPS) is 29.2. The molecule has 0 aromatic heterocycles. The second-order valence-corrected chi connectivity index (χ2v) is 5.81. The number of rotatable bonds is 3. The molecule has 1 heterocycles. The Bertz CT molecular complexity index is 330. The molecule has 0 radical (unpaired) electrons. The van der Waals surface area contributed by atoms with Crippen LogP contribution in [-0.4, -0.2) is 59.0 Å². The first-order valence-electron chi connectivity index (χ1n) is 7.27. The Kier molecular flexibility index (Phi) is 4.80. The van der Waals surface area contributed by atoms with Crippen LogP contribution < -0.4 is 0 Å². The molecule has 19 heavy (non-hydrogen) atoms. The van der Waals surface area contributed by atoms with E-state index in [1.807, 2.05) is 4.90 Å². The molecule has 2 aliphatic rings. The van der Waals surface area contributed by atoms with Gasteiger partial charge in [-0.3, -0.25) is 14.5 Å². The maximum Gasteiger partial charge on any atom is 0.303 e. The van der Waals surface area contributed by atoms with Crippen LogP contribution in [0.15, 0.2) is 0 Å². The molecule has 2 rings (SSSR count). The number of carbonyl (C=O) groups excluding carboxylic acids is 1. The molecule has 2 fully saturated rings. The van der Waals surface area contributed by atoms with Gasteiger partial charge in [0.2, 0.25) is 5.91 Å². The summed E-state index contributed by atoms with van der Waals surface area (Å²) in [7, 11) is 0. The summed E-state index contributed by atoms with van der Waals surface area (Å²) in [5.74, 6) is -0.129. The first-order valence-corrected chi connectivity index (χ1v) is 7.27. The standard InChI is InChI=1S/C14H24N2O3/c1-11(17)15-6-8-16(9-7-15)13-4-2-12(3-5-13)10-14(18)19/h12-13H,2-10H2,1H3,(H,18,19). The molecule has 0 atom stereocenters. The number of carboxylic acid groups (broad SMARTS) is 1. The second kappa shape index (κ2) is 6.37. The Morgan fingerprint density at radius 2 is 1.63 bits per heavy atom. The third kappa shape index (κ3) is 3.93. The number of hydrogen-bond acceptors (Lipinski definition) is 3. The summed E-state index contributed by atoms with van der Waals surface area (Å²) in [5, 5.41) is 8.81. The van der Waals surface area contributed by atoms with Crippen LogP contribution in [-0.2, 0) is 9.59 Å². The van der Waals surface area contributed by atoms with Gasteiger partial charge in [0.15, 0.2) is 0 Å². The van der Waals surface area contributed by atoms with Gasteiger partial charge in [0.25, 0.3) is 0 Å². The molecule has 0 bridgehead atoms. The van der Waals surface area contributed by atoms with Crippen molar-refractivity contribution in [2.24, 2.45) is 5.92 Å². The highest BCUT2D eigenvalue weighted by molar-refractivity contribution is 5.73. The first-order chi connectivity index (χ1) is 9.06.